The first kappa shape index (κ1) is 15.8. The SMILES string of the molecule is CCCNC(=O)COc1cccc(NC(=O)OCC)c1. The molecule has 0 aromatic heterocycles. The van der Waals surface area contributed by atoms with Crippen LogP contribution in [-0.4, -0.2) is 31.8 Å². The first-order valence-electron chi connectivity index (χ1n) is 6.59. The molecule has 6 nitrogen and oxygen atoms in total. The van der Waals surface area contributed by atoms with Crippen LogP contribution in [0.15, 0.2) is 24.3 Å². The predicted molar refractivity (Wildman–Crippen MR) is 75.9 cm³/mol. The van der Waals surface area contributed by atoms with Gasteiger partial charge < -0.3 is 14.8 Å². The van der Waals surface area contributed by atoms with Gasteiger partial charge in [-0.15, -0.1) is 0 Å². The molecule has 0 spiro atoms. The maximum absolute atomic E-state index is 11.4. The van der Waals surface area contributed by atoms with Crippen molar-refractivity contribution in [3.05, 3.63) is 24.3 Å². The standard InChI is InChI=1S/C14H20N2O4/c1-3-8-15-13(17)10-20-12-7-5-6-11(9-12)16-14(18)19-4-2/h5-7,9H,3-4,8,10H2,1-2H3,(H,15,17)(H,16,18). The number of rotatable bonds is 7. The fraction of sp³-hybridized carbons (Fsp3) is 0.429. The molecule has 1 aromatic carbocycles. The van der Waals surface area contributed by atoms with Gasteiger partial charge in [0.1, 0.15) is 5.75 Å². The summed E-state index contributed by atoms with van der Waals surface area (Å²) < 4.78 is 10.1. The Hall–Kier alpha value is -2.24. The lowest BCUT2D eigenvalue weighted by Crippen LogP contribution is -2.29. The Labute approximate surface area is 118 Å². The number of hydrogen-bond acceptors (Lipinski definition) is 4. The summed E-state index contributed by atoms with van der Waals surface area (Å²) in [4.78, 5) is 22.7. The van der Waals surface area contributed by atoms with Gasteiger partial charge in [-0.1, -0.05) is 13.0 Å². The van der Waals surface area contributed by atoms with Crippen LogP contribution in [0.3, 0.4) is 0 Å². The molecule has 2 amide bonds. The highest BCUT2D eigenvalue weighted by atomic mass is 16.5. The Kier molecular flexibility index (Phi) is 6.95. The van der Waals surface area contributed by atoms with E-state index < -0.39 is 6.09 Å². The van der Waals surface area contributed by atoms with Crippen LogP contribution in [0.5, 0.6) is 5.75 Å². The number of ether oxygens (including phenoxy) is 2. The summed E-state index contributed by atoms with van der Waals surface area (Å²) in [5.41, 5.74) is 0.551. The lowest BCUT2D eigenvalue weighted by Gasteiger charge is -2.09. The van der Waals surface area contributed by atoms with E-state index in [-0.39, 0.29) is 12.5 Å². The fourth-order valence-corrected chi connectivity index (χ4v) is 1.41. The molecule has 0 unspecified atom stereocenters. The summed E-state index contributed by atoms with van der Waals surface area (Å²) >= 11 is 0. The van der Waals surface area contributed by atoms with E-state index in [1.54, 1.807) is 31.2 Å². The molecule has 0 bridgehead atoms. The normalized spacial score (nSPS) is 9.70. The third-order valence-corrected chi connectivity index (χ3v) is 2.30. The third kappa shape index (κ3) is 6.08. The van der Waals surface area contributed by atoms with E-state index in [1.165, 1.54) is 0 Å². The molecule has 1 aromatic rings. The molecule has 0 heterocycles. The molecule has 0 atom stereocenters. The molecule has 110 valence electrons. The van der Waals surface area contributed by atoms with Crippen LogP contribution in [0, 0.1) is 0 Å². The van der Waals surface area contributed by atoms with Gasteiger partial charge in [-0.05, 0) is 25.5 Å². The Bertz CT molecular complexity index is 449. The molecule has 0 saturated carbocycles. The highest BCUT2D eigenvalue weighted by Crippen LogP contribution is 2.17. The van der Waals surface area contributed by atoms with Crippen LogP contribution in [0.25, 0.3) is 0 Å². The van der Waals surface area contributed by atoms with Crippen molar-refractivity contribution in [3.8, 4) is 5.75 Å². The molecule has 20 heavy (non-hydrogen) atoms. The van der Waals surface area contributed by atoms with Gasteiger partial charge in [0, 0.05) is 18.3 Å². The molecular formula is C14H20N2O4. The van der Waals surface area contributed by atoms with Crippen LogP contribution >= 0.6 is 0 Å². The molecule has 1 rings (SSSR count). The highest BCUT2D eigenvalue weighted by molar-refractivity contribution is 5.84. The maximum Gasteiger partial charge on any atom is 0.411 e. The van der Waals surface area contributed by atoms with Gasteiger partial charge >= 0.3 is 6.09 Å². The van der Waals surface area contributed by atoms with E-state index in [0.717, 1.165) is 6.42 Å². The summed E-state index contributed by atoms with van der Waals surface area (Å²) in [5.74, 6) is 0.335. The lowest BCUT2D eigenvalue weighted by atomic mass is 10.3. The Balaban J connectivity index is 2.47. The van der Waals surface area contributed by atoms with Gasteiger partial charge in [-0.3, -0.25) is 10.1 Å². The van der Waals surface area contributed by atoms with Gasteiger partial charge in [0.05, 0.1) is 6.61 Å². The highest BCUT2D eigenvalue weighted by Gasteiger charge is 2.05. The van der Waals surface area contributed by atoms with Crippen LogP contribution in [0.2, 0.25) is 0 Å². The molecule has 0 radical (unpaired) electrons. The Morgan fingerprint density at radius 3 is 2.75 bits per heavy atom. The van der Waals surface area contributed by atoms with E-state index in [1.807, 2.05) is 6.92 Å². The van der Waals surface area contributed by atoms with Crippen molar-refractivity contribution in [2.24, 2.45) is 0 Å². The molecule has 0 fully saturated rings. The average molecular weight is 280 g/mol. The first-order valence-corrected chi connectivity index (χ1v) is 6.59. The van der Waals surface area contributed by atoms with Crippen molar-refractivity contribution in [3.63, 3.8) is 0 Å². The van der Waals surface area contributed by atoms with Crippen molar-refractivity contribution in [2.45, 2.75) is 20.3 Å². The second kappa shape index (κ2) is 8.79. The summed E-state index contributed by atoms with van der Waals surface area (Å²) in [6, 6.07) is 6.77. The molecule has 6 heteroatoms. The van der Waals surface area contributed by atoms with Crippen molar-refractivity contribution >= 4 is 17.7 Å². The minimum absolute atomic E-state index is 0.0527. The van der Waals surface area contributed by atoms with Crippen molar-refractivity contribution < 1.29 is 19.1 Å². The number of nitrogens with one attached hydrogen (secondary N) is 2. The number of hydrogen-bond donors (Lipinski definition) is 2. The van der Waals surface area contributed by atoms with E-state index in [2.05, 4.69) is 10.6 Å². The van der Waals surface area contributed by atoms with Crippen molar-refractivity contribution in [1.82, 2.24) is 5.32 Å². The number of carbonyl (C=O) groups is 2. The van der Waals surface area contributed by atoms with Gasteiger partial charge in [0.15, 0.2) is 6.61 Å². The molecule has 0 saturated heterocycles. The van der Waals surface area contributed by atoms with Crippen LogP contribution in [0.4, 0.5) is 10.5 Å². The fourth-order valence-electron chi connectivity index (χ4n) is 1.41. The average Bonchev–Trinajstić information content (AvgIpc) is 2.43. The van der Waals surface area contributed by atoms with E-state index >= 15 is 0 Å². The molecule has 2 N–H and O–H groups in total. The Morgan fingerprint density at radius 2 is 2.05 bits per heavy atom. The molecule has 0 aliphatic carbocycles. The number of benzene rings is 1. The largest absolute Gasteiger partial charge is 0.484 e. The molecule has 0 aliphatic heterocycles. The van der Waals surface area contributed by atoms with Crippen molar-refractivity contribution in [1.29, 1.82) is 0 Å². The van der Waals surface area contributed by atoms with E-state index in [0.29, 0.717) is 24.6 Å². The van der Waals surface area contributed by atoms with Crippen LogP contribution < -0.4 is 15.4 Å². The van der Waals surface area contributed by atoms with E-state index in [9.17, 15) is 9.59 Å². The second-order valence-corrected chi connectivity index (χ2v) is 4.01. The minimum Gasteiger partial charge on any atom is -0.484 e. The zero-order chi connectivity index (χ0) is 14.8. The smallest absolute Gasteiger partial charge is 0.411 e. The topological polar surface area (TPSA) is 76.7 Å². The van der Waals surface area contributed by atoms with Crippen LogP contribution in [0.1, 0.15) is 20.3 Å². The number of carbonyl (C=O) groups excluding carboxylic acids is 2. The molecule has 0 aliphatic rings. The summed E-state index contributed by atoms with van der Waals surface area (Å²) in [6.07, 6.45) is 0.357. The monoisotopic (exact) mass is 280 g/mol. The summed E-state index contributed by atoms with van der Waals surface area (Å²) in [6.45, 7) is 4.59. The van der Waals surface area contributed by atoms with Crippen molar-refractivity contribution in [2.75, 3.05) is 25.1 Å². The van der Waals surface area contributed by atoms with Gasteiger partial charge in [0.25, 0.3) is 5.91 Å². The Morgan fingerprint density at radius 1 is 1.25 bits per heavy atom. The third-order valence-electron chi connectivity index (χ3n) is 2.30. The molecular weight excluding hydrogens is 260 g/mol. The van der Waals surface area contributed by atoms with Gasteiger partial charge in [0.2, 0.25) is 0 Å². The quantitative estimate of drug-likeness (QED) is 0.802. The first-order chi connectivity index (χ1) is 9.65. The lowest BCUT2D eigenvalue weighted by molar-refractivity contribution is -0.123. The number of anilines is 1. The second-order valence-electron chi connectivity index (χ2n) is 4.01. The minimum atomic E-state index is -0.523. The summed E-state index contributed by atoms with van der Waals surface area (Å²) in [5, 5.41) is 5.28. The van der Waals surface area contributed by atoms with Gasteiger partial charge in [-0.2, -0.15) is 0 Å². The zero-order valence-corrected chi connectivity index (χ0v) is 11.8. The van der Waals surface area contributed by atoms with E-state index in [4.69, 9.17) is 9.47 Å². The number of amides is 2. The predicted octanol–water partition coefficient (Wildman–Crippen LogP) is 2.16. The zero-order valence-electron chi connectivity index (χ0n) is 11.8. The van der Waals surface area contributed by atoms with Gasteiger partial charge in [-0.25, -0.2) is 4.79 Å². The summed E-state index contributed by atoms with van der Waals surface area (Å²) in [7, 11) is 0. The van der Waals surface area contributed by atoms with Crippen LogP contribution in [-0.2, 0) is 9.53 Å². The maximum atomic E-state index is 11.4.